The van der Waals surface area contributed by atoms with E-state index in [1.165, 1.54) is 0 Å². The molecule has 0 aromatic heterocycles. The van der Waals surface area contributed by atoms with Crippen LogP contribution in [0.2, 0.25) is 0 Å². The second-order valence-electron chi connectivity index (χ2n) is 4.74. The predicted molar refractivity (Wildman–Crippen MR) is 66.3 cm³/mol. The molecule has 6 heteroatoms. The number of urea groups is 1. The number of carbonyl (C=O) groups is 2. The maximum absolute atomic E-state index is 11.7. The molecule has 0 bridgehead atoms. The quantitative estimate of drug-likeness (QED) is 0.737. The maximum atomic E-state index is 11.7. The van der Waals surface area contributed by atoms with Gasteiger partial charge in [-0.15, -0.1) is 0 Å². The predicted octanol–water partition coefficient (Wildman–Crippen LogP) is 0.773. The third-order valence-electron chi connectivity index (χ3n) is 3.29. The van der Waals surface area contributed by atoms with Gasteiger partial charge in [0, 0.05) is 32.2 Å². The van der Waals surface area contributed by atoms with Crippen LogP contribution in [-0.2, 0) is 9.53 Å². The minimum Gasteiger partial charge on any atom is -0.481 e. The van der Waals surface area contributed by atoms with Crippen molar-refractivity contribution in [2.75, 3.05) is 26.2 Å². The minimum atomic E-state index is -0.801. The summed E-state index contributed by atoms with van der Waals surface area (Å²) >= 11 is 0. The summed E-state index contributed by atoms with van der Waals surface area (Å²) in [4.78, 5) is 24.1. The van der Waals surface area contributed by atoms with Crippen LogP contribution in [0.4, 0.5) is 4.79 Å². The zero-order valence-corrected chi connectivity index (χ0v) is 11.2. The van der Waals surface area contributed by atoms with Gasteiger partial charge in [0.05, 0.1) is 12.0 Å². The molecular weight excluding hydrogens is 236 g/mol. The number of carboxylic acid groups (broad SMARTS) is 1. The van der Waals surface area contributed by atoms with E-state index in [1.54, 1.807) is 11.8 Å². The van der Waals surface area contributed by atoms with Gasteiger partial charge in [0.1, 0.15) is 0 Å². The van der Waals surface area contributed by atoms with Crippen molar-refractivity contribution in [3.05, 3.63) is 0 Å². The van der Waals surface area contributed by atoms with Gasteiger partial charge in [-0.2, -0.15) is 0 Å². The number of likely N-dealkylation sites (tertiary alicyclic amines) is 1. The third kappa shape index (κ3) is 3.87. The Bertz CT molecular complexity index is 302. The monoisotopic (exact) mass is 258 g/mol. The Kier molecular flexibility index (Phi) is 5.40. The summed E-state index contributed by atoms with van der Waals surface area (Å²) in [6, 6.07) is -0.143. The van der Waals surface area contributed by atoms with Crippen molar-refractivity contribution in [3.8, 4) is 0 Å². The smallest absolute Gasteiger partial charge is 0.317 e. The van der Waals surface area contributed by atoms with Crippen LogP contribution in [0.15, 0.2) is 0 Å². The van der Waals surface area contributed by atoms with Gasteiger partial charge >= 0.3 is 12.0 Å². The van der Waals surface area contributed by atoms with E-state index in [4.69, 9.17) is 9.84 Å². The van der Waals surface area contributed by atoms with E-state index in [-0.39, 0.29) is 18.1 Å². The van der Waals surface area contributed by atoms with E-state index in [9.17, 15) is 9.59 Å². The van der Waals surface area contributed by atoms with Crippen LogP contribution in [0.5, 0.6) is 0 Å². The first kappa shape index (κ1) is 14.8. The summed E-state index contributed by atoms with van der Waals surface area (Å²) in [7, 11) is 0. The zero-order valence-electron chi connectivity index (χ0n) is 11.2. The Morgan fingerprint density at radius 1 is 1.44 bits per heavy atom. The number of amides is 2. The lowest BCUT2D eigenvalue weighted by atomic mass is 9.87. The molecule has 2 atom stereocenters. The molecule has 0 spiro atoms. The second kappa shape index (κ2) is 6.58. The van der Waals surface area contributed by atoms with Crippen molar-refractivity contribution in [1.29, 1.82) is 0 Å². The van der Waals surface area contributed by atoms with Crippen LogP contribution in [0.3, 0.4) is 0 Å². The number of nitrogens with one attached hydrogen (secondary N) is 1. The highest BCUT2D eigenvalue weighted by Gasteiger charge is 2.37. The highest BCUT2D eigenvalue weighted by atomic mass is 16.5. The zero-order chi connectivity index (χ0) is 13.7. The SMILES string of the molecule is CCOC(C)CNC(=O)N1CC(C(C)C(=O)O)C1. The molecule has 0 aliphatic carbocycles. The molecule has 18 heavy (non-hydrogen) atoms. The van der Waals surface area contributed by atoms with Crippen molar-refractivity contribution < 1.29 is 19.4 Å². The van der Waals surface area contributed by atoms with Crippen molar-refractivity contribution in [2.45, 2.75) is 26.9 Å². The average molecular weight is 258 g/mol. The number of aliphatic carboxylic acids is 1. The number of hydrogen-bond donors (Lipinski definition) is 2. The molecule has 2 N–H and O–H groups in total. The van der Waals surface area contributed by atoms with E-state index in [0.717, 1.165) is 0 Å². The molecule has 1 saturated heterocycles. The molecule has 1 heterocycles. The largest absolute Gasteiger partial charge is 0.481 e. The van der Waals surface area contributed by atoms with Crippen molar-refractivity contribution >= 4 is 12.0 Å². The van der Waals surface area contributed by atoms with Crippen molar-refractivity contribution in [3.63, 3.8) is 0 Å². The first-order valence-corrected chi connectivity index (χ1v) is 6.32. The van der Waals surface area contributed by atoms with Gasteiger partial charge in [-0.3, -0.25) is 4.79 Å². The molecule has 0 saturated carbocycles. The maximum Gasteiger partial charge on any atom is 0.317 e. The molecule has 1 rings (SSSR count). The normalized spacial score (nSPS) is 18.9. The average Bonchev–Trinajstić information content (AvgIpc) is 2.24. The Hall–Kier alpha value is -1.30. The number of rotatable bonds is 6. The highest BCUT2D eigenvalue weighted by Crippen LogP contribution is 2.23. The molecule has 2 unspecified atom stereocenters. The van der Waals surface area contributed by atoms with Crippen LogP contribution in [-0.4, -0.2) is 54.4 Å². The first-order valence-electron chi connectivity index (χ1n) is 6.32. The van der Waals surface area contributed by atoms with Gasteiger partial charge in [0.15, 0.2) is 0 Å². The van der Waals surface area contributed by atoms with E-state index < -0.39 is 11.9 Å². The Morgan fingerprint density at radius 3 is 2.56 bits per heavy atom. The number of carbonyl (C=O) groups excluding carboxylic acids is 1. The molecular formula is C12H22N2O4. The Balaban J connectivity index is 2.21. The van der Waals surface area contributed by atoms with Gasteiger partial charge in [-0.25, -0.2) is 4.79 Å². The number of hydrogen-bond acceptors (Lipinski definition) is 3. The summed E-state index contributed by atoms with van der Waals surface area (Å²) in [6.07, 6.45) is -0.00559. The van der Waals surface area contributed by atoms with Gasteiger partial charge < -0.3 is 20.1 Å². The lowest BCUT2D eigenvalue weighted by Crippen LogP contribution is -2.57. The molecule has 104 valence electrons. The summed E-state index contributed by atoms with van der Waals surface area (Å²) in [5, 5.41) is 11.6. The molecule has 0 aromatic carbocycles. The van der Waals surface area contributed by atoms with Crippen LogP contribution >= 0.6 is 0 Å². The Morgan fingerprint density at radius 2 is 2.06 bits per heavy atom. The molecule has 1 fully saturated rings. The summed E-state index contributed by atoms with van der Waals surface area (Å²) in [5.74, 6) is -1.13. The fourth-order valence-corrected chi connectivity index (χ4v) is 1.88. The number of ether oxygens (including phenoxy) is 1. The van der Waals surface area contributed by atoms with Crippen LogP contribution < -0.4 is 5.32 Å². The molecule has 1 aliphatic rings. The van der Waals surface area contributed by atoms with E-state index in [0.29, 0.717) is 26.2 Å². The lowest BCUT2D eigenvalue weighted by Gasteiger charge is -2.41. The first-order chi connectivity index (χ1) is 8.45. The van der Waals surface area contributed by atoms with Crippen molar-refractivity contribution in [1.82, 2.24) is 10.2 Å². The summed E-state index contributed by atoms with van der Waals surface area (Å²) < 4.78 is 5.30. The standard InChI is InChI=1S/C12H22N2O4/c1-4-18-8(2)5-13-12(17)14-6-10(7-14)9(3)11(15)16/h8-10H,4-7H2,1-3H3,(H,13,17)(H,15,16). The molecule has 6 nitrogen and oxygen atoms in total. The van der Waals surface area contributed by atoms with E-state index in [1.807, 2.05) is 13.8 Å². The highest BCUT2D eigenvalue weighted by molar-refractivity contribution is 5.76. The fourth-order valence-electron chi connectivity index (χ4n) is 1.88. The Labute approximate surface area is 107 Å². The van der Waals surface area contributed by atoms with Crippen LogP contribution in [0.25, 0.3) is 0 Å². The lowest BCUT2D eigenvalue weighted by molar-refractivity contribution is -0.144. The molecule has 1 aliphatic heterocycles. The van der Waals surface area contributed by atoms with Crippen LogP contribution in [0, 0.1) is 11.8 Å². The number of carboxylic acids is 1. The van der Waals surface area contributed by atoms with Gasteiger partial charge in [-0.05, 0) is 13.8 Å². The summed E-state index contributed by atoms with van der Waals surface area (Å²) in [5.41, 5.74) is 0. The van der Waals surface area contributed by atoms with Gasteiger partial charge in [0.25, 0.3) is 0 Å². The minimum absolute atomic E-state index is 0.00559. The topological polar surface area (TPSA) is 78.9 Å². The molecule has 0 radical (unpaired) electrons. The van der Waals surface area contributed by atoms with Crippen molar-refractivity contribution in [2.24, 2.45) is 11.8 Å². The van der Waals surface area contributed by atoms with Crippen LogP contribution in [0.1, 0.15) is 20.8 Å². The third-order valence-corrected chi connectivity index (χ3v) is 3.29. The molecule has 0 aromatic rings. The second-order valence-corrected chi connectivity index (χ2v) is 4.74. The van der Waals surface area contributed by atoms with E-state index in [2.05, 4.69) is 5.32 Å². The number of nitrogens with zero attached hydrogens (tertiary/aromatic N) is 1. The molecule has 2 amide bonds. The van der Waals surface area contributed by atoms with E-state index >= 15 is 0 Å². The van der Waals surface area contributed by atoms with Gasteiger partial charge in [-0.1, -0.05) is 6.92 Å². The fraction of sp³-hybridized carbons (Fsp3) is 0.833. The van der Waals surface area contributed by atoms with Gasteiger partial charge in [0.2, 0.25) is 0 Å². The summed E-state index contributed by atoms with van der Waals surface area (Å²) in [6.45, 7) is 7.62.